The van der Waals surface area contributed by atoms with Crippen molar-refractivity contribution < 1.29 is 10.2 Å². The molecule has 0 radical (unpaired) electrons. The fourth-order valence-corrected chi connectivity index (χ4v) is 1.55. The number of nitrogens with zero attached hydrogens (tertiary/aromatic N) is 1. The van der Waals surface area contributed by atoms with Crippen molar-refractivity contribution in [2.45, 2.75) is 12.5 Å². The monoisotopic (exact) mass is 215 g/mol. The summed E-state index contributed by atoms with van der Waals surface area (Å²) in [4.78, 5) is 3.96. The van der Waals surface area contributed by atoms with E-state index in [2.05, 4.69) is 4.98 Å². The summed E-state index contributed by atoms with van der Waals surface area (Å²) in [7, 11) is 0. The Balaban J connectivity index is 2.08. The molecule has 0 fully saturated rings. The van der Waals surface area contributed by atoms with Crippen LogP contribution in [0, 0.1) is 0 Å². The van der Waals surface area contributed by atoms with E-state index in [4.69, 9.17) is 5.11 Å². The maximum Gasteiger partial charge on any atom is 0.115 e. The summed E-state index contributed by atoms with van der Waals surface area (Å²) in [6.07, 6.45) is 3.30. The van der Waals surface area contributed by atoms with Crippen LogP contribution in [-0.2, 0) is 6.42 Å². The van der Waals surface area contributed by atoms with Gasteiger partial charge >= 0.3 is 0 Å². The number of hydrogen-bond donors (Lipinski definition) is 2. The normalized spacial score (nSPS) is 12.3. The van der Waals surface area contributed by atoms with Gasteiger partial charge < -0.3 is 10.2 Å². The zero-order valence-corrected chi connectivity index (χ0v) is 8.74. The minimum Gasteiger partial charge on any atom is -0.508 e. The van der Waals surface area contributed by atoms with Crippen molar-refractivity contribution in [1.29, 1.82) is 0 Å². The molecular formula is C13H13NO2. The number of phenols is 1. The second kappa shape index (κ2) is 4.77. The van der Waals surface area contributed by atoms with Gasteiger partial charge in [-0.15, -0.1) is 0 Å². The number of aromatic nitrogens is 1. The molecule has 0 spiro atoms. The van der Waals surface area contributed by atoms with Gasteiger partial charge in [-0.25, -0.2) is 0 Å². The largest absolute Gasteiger partial charge is 0.508 e. The molecule has 0 aliphatic carbocycles. The van der Waals surface area contributed by atoms with Gasteiger partial charge in [0, 0.05) is 18.8 Å². The van der Waals surface area contributed by atoms with Crippen molar-refractivity contribution in [2.24, 2.45) is 0 Å². The van der Waals surface area contributed by atoms with Crippen molar-refractivity contribution in [1.82, 2.24) is 4.98 Å². The topological polar surface area (TPSA) is 53.4 Å². The number of hydrogen-bond acceptors (Lipinski definition) is 3. The second-order valence-electron chi connectivity index (χ2n) is 3.67. The third-order valence-electron chi connectivity index (χ3n) is 2.43. The lowest BCUT2D eigenvalue weighted by Crippen LogP contribution is -2.01. The molecular weight excluding hydrogens is 202 g/mol. The molecule has 3 nitrogen and oxygen atoms in total. The standard InChI is InChI=1S/C13H13NO2/c15-12-5-3-10(4-6-12)8-13(16)11-2-1-7-14-9-11/h1-7,9,13,15-16H,8H2. The molecule has 1 aromatic heterocycles. The number of aromatic hydroxyl groups is 1. The molecule has 2 aromatic rings. The molecule has 2 rings (SSSR count). The van der Waals surface area contributed by atoms with Crippen LogP contribution in [0.25, 0.3) is 0 Å². The zero-order valence-electron chi connectivity index (χ0n) is 8.74. The molecule has 1 atom stereocenters. The van der Waals surface area contributed by atoms with E-state index in [1.54, 1.807) is 42.7 Å². The first-order chi connectivity index (χ1) is 7.75. The van der Waals surface area contributed by atoms with Gasteiger partial charge in [-0.05, 0) is 29.3 Å². The second-order valence-corrected chi connectivity index (χ2v) is 3.67. The number of phenolic OH excluding ortho intramolecular Hbond substituents is 1. The smallest absolute Gasteiger partial charge is 0.115 e. The Bertz CT molecular complexity index is 439. The fraction of sp³-hybridized carbons (Fsp3) is 0.154. The summed E-state index contributed by atoms with van der Waals surface area (Å²) in [5, 5.41) is 19.1. The maximum absolute atomic E-state index is 9.94. The van der Waals surface area contributed by atoms with Gasteiger partial charge in [0.1, 0.15) is 5.75 Å². The number of rotatable bonds is 3. The van der Waals surface area contributed by atoms with Crippen molar-refractivity contribution in [2.75, 3.05) is 0 Å². The molecule has 0 aliphatic heterocycles. The van der Waals surface area contributed by atoms with E-state index in [1.807, 2.05) is 6.07 Å². The molecule has 0 bridgehead atoms. The van der Waals surface area contributed by atoms with Gasteiger partial charge in [0.15, 0.2) is 0 Å². The molecule has 1 unspecified atom stereocenters. The van der Waals surface area contributed by atoms with Crippen LogP contribution in [0.4, 0.5) is 0 Å². The highest BCUT2D eigenvalue weighted by Gasteiger charge is 2.08. The molecule has 1 aromatic carbocycles. The third-order valence-corrected chi connectivity index (χ3v) is 2.43. The average Bonchev–Trinajstić information content (AvgIpc) is 2.33. The van der Waals surface area contributed by atoms with E-state index in [1.165, 1.54) is 0 Å². The Morgan fingerprint density at radius 1 is 1.12 bits per heavy atom. The summed E-state index contributed by atoms with van der Waals surface area (Å²) in [6, 6.07) is 10.5. The van der Waals surface area contributed by atoms with E-state index in [0.717, 1.165) is 11.1 Å². The van der Waals surface area contributed by atoms with E-state index < -0.39 is 6.10 Å². The van der Waals surface area contributed by atoms with Crippen LogP contribution < -0.4 is 0 Å². The Hall–Kier alpha value is -1.87. The lowest BCUT2D eigenvalue weighted by molar-refractivity contribution is 0.178. The highest BCUT2D eigenvalue weighted by atomic mass is 16.3. The van der Waals surface area contributed by atoms with Gasteiger partial charge in [0.05, 0.1) is 6.10 Å². The van der Waals surface area contributed by atoms with E-state index in [0.29, 0.717) is 6.42 Å². The zero-order chi connectivity index (χ0) is 11.4. The third kappa shape index (κ3) is 2.58. The van der Waals surface area contributed by atoms with Crippen LogP contribution in [-0.4, -0.2) is 15.2 Å². The minimum absolute atomic E-state index is 0.236. The Kier molecular flexibility index (Phi) is 3.17. The molecule has 1 heterocycles. The van der Waals surface area contributed by atoms with Crippen molar-refractivity contribution in [3.05, 3.63) is 59.9 Å². The first-order valence-electron chi connectivity index (χ1n) is 5.11. The highest BCUT2D eigenvalue weighted by Crippen LogP contribution is 2.18. The van der Waals surface area contributed by atoms with E-state index in [9.17, 15) is 5.11 Å². The SMILES string of the molecule is Oc1ccc(CC(O)c2cccnc2)cc1. The first kappa shape index (κ1) is 10.6. The van der Waals surface area contributed by atoms with Gasteiger partial charge in [-0.1, -0.05) is 18.2 Å². The molecule has 82 valence electrons. The average molecular weight is 215 g/mol. The van der Waals surface area contributed by atoms with Crippen LogP contribution in [0.15, 0.2) is 48.8 Å². The molecule has 2 N–H and O–H groups in total. The summed E-state index contributed by atoms with van der Waals surface area (Å²) in [6.45, 7) is 0. The maximum atomic E-state index is 9.94. The van der Waals surface area contributed by atoms with Gasteiger partial charge in [-0.3, -0.25) is 4.98 Å². The molecule has 0 amide bonds. The summed E-state index contributed by atoms with van der Waals surface area (Å²) in [5.41, 5.74) is 1.78. The van der Waals surface area contributed by atoms with Crippen LogP contribution in [0.2, 0.25) is 0 Å². The van der Waals surface area contributed by atoms with Crippen LogP contribution in [0.5, 0.6) is 5.75 Å². The fourth-order valence-electron chi connectivity index (χ4n) is 1.55. The summed E-state index contributed by atoms with van der Waals surface area (Å²) >= 11 is 0. The van der Waals surface area contributed by atoms with E-state index in [-0.39, 0.29) is 5.75 Å². The first-order valence-corrected chi connectivity index (χ1v) is 5.11. The molecule has 0 saturated heterocycles. The van der Waals surface area contributed by atoms with Crippen LogP contribution in [0.1, 0.15) is 17.2 Å². The minimum atomic E-state index is -0.557. The highest BCUT2D eigenvalue weighted by molar-refractivity contribution is 5.27. The van der Waals surface area contributed by atoms with Gasteiger partial charge in [0.25, 0.3) is 0 Å². The number of benzene rings is 1. The van der Waals surface area contributed by atoms with E-state index >= 15 is 0 Å². The van der Waals surface area contributed by atoms with Crippen LogP contribution >= 0.6 is 0 Å². The van der Waals surface area contributed by atoms with Crippen molar-refractivity contribution in [3.63, 3.8) is 0 Å². The number of pyridine rings is 1. The Labute approximate surface area is 94.0 Å². The molecule has 0 saturated carbocycles. The summed E-state index contributed by atoms with van der Waals surface area (Å²) in [5.74, 6) is 0.236. The van der Waals surface area contributed by atoms with Crippen molar-refractivity contribution >= 4 is 0 Å². The number of aliphatic hydroxyl groups excluding tert-OH is 1. The quantitative estimate of drug-likeness (QED) is 0.824. The van der Waals surface area contributed by atoms with Gasteiger partial charge in [-0.2, -0.15) is 0 Å². The predicted molar refractivity (Wildman–Crippen MR) is 61.0 cm³/mol. The molecule has 0 aliphatic rings. The molecule has 3 heteroatoms. The van der Waals surface area contributed by atoms with Gasteiger partial charge in [0.2, 0.25) is 0 Å². The molecule has 16 heavy (non-hydrogen) atoms. The van der Waals surface area contributed by atoms with Crippen LogP contribution in [0.3, 0.4) is 0 Å². The predicted octanol–water partition coefficient (Wildman–Crippen LogP) is 2.06. The number of aliphatic hydroxyl groups is 1. The lowest BCUT2D eigenvalue weighted by Gasteiger charge is -2.10. The van der Waals surface area contributed by atoms with Crippen molar-refractivity contribution in [3.8, 4) is 5.75 Å². The Morgan fingerprint density at radius 2 is 1.88 bits per heavy atom. The summed E-state index contributed by atoms with van der Waals surface area (Å²) < 4.78 is 0. The lowest BCUT2D eigenvalue weighted by atomic mass is 10.0. The Morgan fingerprint density at radius 3 is 2.50 bits per heavy atom.